The number of benzene rings is 1. The van der Waals surface area contributed by atoms with Gasteiger partial charge in [0, 0.05) is 17.0 Å². The van der Waals surface area contributed by atoms with Crippen LogP contribution in [0.25, 0.3) is 0 Å². The van der Waals surface area contributed by atoms with Crippen LogP contribution in [0.4, 0.5) is 0 Å². The minimum absolute atomic E-state index is 0.467. The van der Waals surface area contributed by atoms with E-state index in [9.17, 15) is 0 Å². The Morgan fingerprint density at radius 2 is 1.82 bits per heavy atom. The molecule has 0 radical (unpaired) electrons. The molecule has 0 saturated carbocycles. The van der Waals surface area contributed by atoms with Gasteiger partial charge in [0.05, 0.1) is 0 Å². The van der Waals surface area contributed by atoms with Crippen LogP contribution < -0.4 is 5.32 Å². The average Bonchev–Trinajstić information content (AvgIpc) is 2.97. The summed E-state index contributed by atoms with van der Waals surface area (Å²) in [6, 6.07) is 14.2. The minimum Gasteiger partial charge on any atom is -0.306 e. The lowest BCUT2D eigenvalue weighted by Crippen LogP contribution is -2.31. The van der Waals surface area contributed by atoms with Crippen LogP contribution in [0, 0.1) is 0 Å². The molecule has 0 spiro atoms. The third-order valence-corrected chi connectivity index (χ3v) is 4.56. The average molecular weight is 243 g/mol. The number of rotatable bonds is 3. The highest BCUT2D eigenvalue weighted by Gasteiger charge is 2.22. The van der Waals surface area contributed by atoms with Gasteiger partial charge in [-0.1, -0.05) is 30.3 Å². The third-order valence-electron chi connectivity index (χ3n) is 3.51. The fraction of sp³-hybridized carbons (Fsp3) is 0.333. The summed E-state index contributed by atoms with van der Waals surface area (Å²) < 4.78 is 0. The van der Waals surface area contributed by atoms with Crippen molar-refractivity contribution in [2.45, 2.75) is 31.8 Å². The zero-order chi connectivity index (χ0) is 11.7. The van der Waals surface area contributed by atoms with Crippen LogP contribution in [0.3, 0.4) is 0 Å². The van der Waals surface area contributed by atoms with Crippen molar-refractivity contribution in [1.82, 2.24) is 5.32 Å². The standard InChI is InChI=1S/C15H17NS/c1-11(15-7-4-8-17-15)16-14-9-12-5-2-3-6-13(12)10-14/h2-8,11,14,16H,9-10H2,1H3. The van der Waals surface area contributed by atoms with E-state index in [-0.39, 0.29) is 0 Å². The molecule has 0 fully saturated rings. The molecular weight excluding hydrogens is 226 g/mol. The first-order chi connectivity index (χ1) is 8.33. The van der Waals surface area contributed by atoms with E-state index in [1.54, 1.807) is 0 Å². The van der Waals surface area contributed by atoms with E-state index >= 15 is 0 Å². The van der Waals surface area contributed by atoms with Crippen molar-refractivity contribution in [3.05, 3.63) is 57.8 Å². The Bertz CT molecular complexity index is 464. The highest BCUT2D eigenvalue weighted by Crippen LogP contribution is 2.25. The highest BCUT2D eigenvalue weighted by molar-refractivity contribution is 7.10. The molecule has 1 unspecified atom stereocenters. The molecule has 17 heavy (non-hydrogen) atoms. The van der Waals surface area contributed by atoms with Gasteiger partial charge in [-0.2, -0.15) is 0 Å². The first-order valence-corrected chi connectivity index (χ1v) is 7.07. The Hall–Kier alpha value is -1.12. The van der Waals surface area contributed by atoms with Crippen LogP contribution in [0.1, 0.15) is 29.0 Å². The first-order valence-electron chi connectivity index (χ1n) is 6.19. The summed E-state index contributed by atoms with van der Waals surface area (Å²) in [6.45, 7) is 2.26. The van der Waals surface area contributed by atoms with Crippen LogP contribution in [0.5, 0.6) is 0 Å². The Morgan fingerprint density at radius 3 is 2.41 bits per heavy atom. The van der Waals surface area contributed by atoms with Crippen molar-refractivity contribution in [2.24, 2.45) is 0 Å². The summed E-state index contributed by atoms with van der Waals surface area (Å²) in [6.07, 6.45) is 2.35. The second kappa shape index (κ2) is 4.63. The molecule has 1 aromatic heterocycles. The summed E-state index contributed by atoms with van der Waals surface area (Å²) in [4.78, 5) is 1.43. The largest absolute Gasteiger partial charge is 0.306 e. The van der Waals surface area contributed by atoms with Gasteiger partial charge in [-0.25, -0.2) is 0 Å². The van der Waals surface area contributed by atoms with Crippen molar-refractivity contribution in [1.29, 1.82) is 0 Å². The second-order valence-corrected chi connectivity index (χ2v) is 5.76. The van der Waals surface area contributed by atoms with E-state index in [0.29, 0.717) is 12.1 Å². The van der Waals surface area contributed by atoms with E-state index in [4.69, 9.17) is 0 Å². The summed E-state index contributed by atoms with van der Waals surface area (Å²) >= 11 is 1.84. The summed E-state index contributed by atoms with van der Waals surface area (Å²) in [7, 11) is 0. The van der Waals surface area contributed by atoms with Crippen molar-refractivity contribution in [3.8, 4) is 0 Å². The van der Waals surface area contributed by atoms with E-state index < -0.39 is 0 Å². The first kappa shape index (κ1) is 11.0. The Morgan fingerprint density at radius 1 is 1.12 bits per heavy atom. The maximum Gasteiger partial charge on any atom is 0.0388 e. The molecule has 0 amide bonds. The van der Waals surface area contributed by atoms with Gasteiger partial charge in [0.25, 0.3) is 0 Å². The van der Waals surface area contributed by atoms with Crippen molar-refractivity contribution < 1.29 is 0 Å². The predicted molar refractivity (Wildman–Crippen MR) is 73.5 cm³/mol. The lowest BCUT2D eigenvalue weighted by molar-refractivity contribution is 0.472. The SMILES string of the molecule is CC(NC1Cc2ccccc2C1)c1cccs1. The fourth-order valence-electron chi connectivity index (χ4n) is 2.65. The zero-order valence-electron chi connectivity index (χ0n) is 10.0. The quantitative estimate of drug-likeness (QED) is 0.869. The van der Waals surface area contributed by atoms with Crippen LogP contribution in [-0.4, -0.2) is 6.04 Å². The summed E-state index contributed by atoms with van der Waals surface area (Å²) in [5.41, 5.74) is 3.03. The fourth-order valence-corrected chi connectivity index (χ4v) is 3.39. The van der Waals surface area contributed by atoms with Crippen LogP contribution in [-0.2, 0) is 12.8 Å². The molecule has 2 heteroatoms. The van der Waals surface area contributed by atoms with E-state index in [1.165, 1.54) is 28.8 Å². The lowest BCUT2D eigenvalue weighted by Gasteiger charge is -2.18. The molecule has 0 aliphatic heterocycles. The molecular formula is C15H17NS. The number of fused-ring (bicyclic) bond motifs is 1. The molecule has 1 aliphatic carbocycles. The topological polar surface area (TPSA) is 12.0 Å². The number of thiophene rings is 1. The maximum absolute atomic E-state index is 3.74. The molecule has 88 valence electrons. The van der Waals surface area contributed by atoms with Gasteiger partial charge in [0.1, 0.15) is 0 Å². The third kappa shape index (κ3) is 2.28. The van der Waals surface area contributed by atoms with Crippen LogP contribution in [0.15, 0.2) is 41.8 Å². The van der Waals surface area contributed by atoms with E-state index in [2.05, 4.69) is 54.0 Å². The molecule has 3 rings (SSSR count). The zero-order valence-corrected chi connectivity index (χ0v) is 10.8. The number of hydrogen-bond donors (Lipinski definition) is 1. The Kier molecular flexibility index (Phi) is 3.00. The number of hydrogen-bond acceptors (Lipinski definition) is 2. The van der Waals surface area contributed by atoms with Gasteiger partial charge in [-0.15, -0.1) is 11.3 Å². The van der Waals surface area contributed by atoms with E-state index in [1.807, 2.05) is 11.3 Å². The number of nitrogens with one attached hydrogen (secondary N) is 1. The van der Waals surface area contributed by atoms with Crippen molar-refractivity contribution in [2.75, 3.05) is 0 Å². The van der Waals surface area contributed by atoms with Crippen LogP contribution >= 0.6 is 11.3 Å². The molecule has 1 atom stereocenters. The van der Waals surface area contributed by atoms with Gasteiger partial charge >= 0.3 is 0 Å². The molecule has 1 nitrogen and oxygen atoms in total. The van der Waals surface area contributed by atoms with Crippen molar-refractivity contribution >= 4 is 11.3 Å². The molecule has 1 aromatic carbocycles. The van der Waals surface area contributed by atoms with Crippen LogP contribution in [0.2, 0.25) is 0 Å². The van der Waals surface area contributed by atoms with E-state index in [0.717, 1.165) is 0 Å². The van der Waals surface area contributed by atoms with Gasteiger partial charge < -0.3 is 5.32 Å². The molecule has 0 saturated heterocycles. The van der Waals surface area contributed by atoms with Gasteiger partial charge in [0.15, 0.2) is 0 Å². The smallest absolute Gasteiger partial charge is 0.0388 e. The summed E-state index contributed by atoms with van der Waals surface area (Å²) in [5, 5.41) is 5.89. The second-order valence-electron chi connectivity index (χ2n) is 4.78. The van der Waals surface area contributed by atoms with Gasteiger partial charge in [0.2, 0.25) is 0 Å². The predicted octanol–water partition coefficient (Wildman–Crippen LogP) is 3.57. The van der Waals surface area contributed by atoms with Gasteiger partial charge in [-0.05, 0) is 42.3 Å². The maximum atomic E-state index is 3.74. The molecule has 1 N–H and O–H groups in total. The molecule has 1 aliphatic rings. The minimum atomic E-state index is 0.467. The van der Waals surface area contributed by atoms with Crippen molar-refractivity contribution in [3.63, 3.8) is 0 Å². The summed E-state index contributed by atoms with van der Waals surface area (Å²) in [5.74, 6) is 0. The Balaban J connectivity index is 1.66. The van der Waals surface area contributed by atoms with Gasteiger partial charge in [-0.3, -0.25) is 0 Å². The molecule has 2 aromatic rings. The lowest BCUT2D eigenvalue weighted by atomic mass is 10.1. The monoisotopic (exact) mass is 243 g/mol. The highest BCUT2D eigenvalue weighted by atomic mass is 32.1. The normalized spacial score (nSPS) is 17.0. The Labute approximate surface area is 106 Å². The molecule has 1 heterocycles. The molecule has 0 bridgehead atoms.